The maximum atomic E-state index is 11.9. The lowest BCUT2D eigenvalue weighted by molar-refractivity contribution is -0.384. The third kappa shape index (κ3) is 3.97. The Morgan fingerprint density at radius 3 is 2.52 bits per heavy atom. The summed E-state index contributed by atoms with van der Waals surface area (Å²) >= 11 is 0. The average Bonchev–Trinajstić information content (AvgIpc) is 3.10. The van der Waals surface area contributed by atoms with E-state index in [0.29, 0.717) is 17.1 Å². The molecule has 1 N–H and O–H groups in total. The van der Waals surface area contributed by atoms with Gasteiger partial charge in [0.15, 0.2) is 0 Å². The van der Waals surface area contributed by atoms with Crippen molar-refractivity contribution in [3.8, 4) is 17.4 Å². The Hall–Kier alpha value is -4.14. The van der Waals surface area contributed by atoms with Gasteiger partial charge in [0.2, 0.25) is 5.88 Å². The smallest absolute Gasteiger partial charge is 0.457 e. The van der Waals surface area contributed by atoms with Crippen molar-refractivity contribution < 1.29 is 23.9 Å². The molecule has 4 aromatic rings. The fourth-order valence-electron chi connectivity index (χ4n) is 3.29. The third-order valence-electron chi connectivity index (χ3n) is 4.61. The first kappa shape index (κ1) is 20.1. The standard InChI is InChI=1S/C22H19N3O6/c1-12(2)29-22(26)31-21-13(3)19-17(11-23-21)24-16-5-4-6-18(20(16)19)30-15-9-7-14(8-10-15)25(27)28/h4-12,24H,1-3H3. The van der Waals surface area contributed by atoms with Gasteiger partial charge in [-0.25, -0.2) is 9.78 Å². The minimum atomic E-state index is -0.827. The molecule has 0 aliphatic heterocycles. The maximum absolute atomic E-state index is 11.9. The predicted octanol–water partition coefficient (Wildman–Crippen LogP) is 5.65. The van der Waals surface area contributed by atoms with Gasteiger partial charge in [0, 0.05) is 23.1 Å². The van der Waals surface area contributed by atoms with Gasteiger partial charge in [0.1, 0.15) is 11.5 Å². The van der Waals surface area contributed by atoms with Crippen LogP contribution in [0.2, 0.25) is 0 Å². The van der Waals surface area contributed by atoms with Crippen LogP contribution < -0.4 is 9.47 Å². The maximum Gasteiger partial charge on any atom is 0.515 e. The number of pyridine rings is 1. The molecule has 0 bridgehead atoms. The summed E-state index contributed by atoms with van der Waals surface area (Å²) in [6, 6.07) is 11.4. The summed E-state index contributed by atoms with van der Waals surface area (Å²) in [6.45, 7) is 5.25. The minimum Gasteiger partial charge on any atom is -0.457 e. The Labute approximate surface area is 176 Å². The van der Waals surface area contributed by atoms with E-state index in [1.165, 1.54) is 24.3 Å². The lowest BCUT2D eigenvalue weighted by Gasteiger charge is -2.11. The molecule has 0 saturated heterocycles. The van der Waals surface area contributed by atoms with Crippen LogP contribution in [-0.2, 0) is 4.74 Å². The molecule has 2 heterocycles. The molecule has 9 heteroatoms. The molecule has 4 rings (SSSR count). The first-order valence-electron chi connectivity index (χ1n) is 9.54. The van der Waals surface area contributed by atoms with Crippen LogP contribution in [0.5, 0.6) is 17.4 Å². The number of carbonyl (C=O) groups is 1. The normalized spacial score (nSPS) is 11.1. The Balaban J connectivity index is 1.77. The average molecular weight is 421 g/mol. The first-order valence-corrected chi connectivity index (χ1v) is 9.54. The lowest BCUT2D eigenvalue weighted by atomic mass is 10.1. The van der Waals surface area contributed by atoms with E-state index in [4.69, 9.17) is 14.2 Å². The minimum absolute atomic E-state index is 0.0188. The summed E-state index contributed by atoms with van der Waals surface area (Å²) in [7, 11) is 0. The number of ether oxygens (including phenoxy) is 3. The molecule has 0 aliphatic carbocycles. The Kier molecular flexibility index (Phi) is 5.16. The molecular weight excluding hydrogens is 402 g/mol. The number of H-pyrrole nitrogens is 1. The van der Waals surface area contributed by atoms with Crippen LogP contribution in [0.4, 0.5) is 10.5 Å². The summed E-state index contributed by atoms with van der Waals surface area (Å²) in [5.41, 5.74) is 2.18. The number of nitro groups is 1. The van der Waals surface area contributed by atoms with Crippen molar-refractivity contribution in [2.75, 3.05) is 0 Å². The predicted molar refractivity (Wildman–Crippen MR) is 114 cm³/mol. The molecule has 0 atom stereocenters. The van der Waals surface area contributed by atoms with Crippen LogP contribution in [0, 0.1) is 17.0 Å². The Morgan fingerprint density at radius 2 is 1.84 bits per heavy atom. The zero-order valence-corrected chi connectivity index (χ0v) is 17.0. The zero-order valence-electron chi connectivity index (χ0n) is 17.0. The number of fused-ring (bicyclic) bond motifs is 3. The number of benzene rings is 2. The van der Waals surface area contributed by atoms with Gasteiger partial charge in [-0.15, -0.1) is 0 Å². The number of carbonyl (C=O) groups excluding carboxylic acids is 1. The molecular formula is C22H19N3O6. The van der Waals surface area contributed by atoms with Crippen molar-refractivity contribution in [1.29, 1.82) is 0 Å². The fraction of sp³-hybridized carbons (Fsp3) is 0.182. The molecule has 2 aromatic carbocycles. The highest BCUT2D eigenvalue weighted by Gasteiger charge is 2.19. The number of hydrogen-bond donors (Lipinski definition) is 1. The first-order chi connectivity index (χ1) is 14.8. The summed E-state index contributed by atoms with van der Waals surface area (Å²) in [5, 5.41) is 12.4. The molecule has 0 radical (unpaired) electrons. The van der Waals surface area contributed by atoms with Crippen LogP contribution in [0.25, 0.3) is 21.8 Å². The number of nitrogens with one attached hydrogen (secondary N) is 1. The highest BCUT2D eigenvalue weighted by Crippen LogP contribution is 2.39. The van der Waals surface area contributed by atoms with Crippen LogP contribution >= 0.6 is 0 Å². The van der Waals surface area contributed by atoms with E-state index in [2.05, 4.69) is 9.97 Å². The van der Waals surface area contributed by atoms with Crippen LogP contribution in [0.3, 0.4) is 0 Å². The monoisotopic (exact) mass is 421 g/mol. The van der Waals surface area contributed by atoms with Crippen LogP contribution in [0.1, 0.15) is 19.4 Å². The summed E-state index contributed by atoms with van der Waals surface area (Å²) in [5.74, 6) is 1.14. The van der Waals surface area contributed by atoms with E-state index >= 15 is 0 Å². The molecule has 0 unspecified atom stereocenters. The van der Waals surface area contributed by atoms with Gasteiger partial charge in [-0.1, -0.05) is 6.07 Å². The van der Waals surface area contributed by atoms with Crippen molar-refractivity contribution in [3.05, 3.63) is 64.3 Å². The highest BCUT2D eigenvalue weighted by molar-refractivity contribution is 6.12. The van der Waals surface area contributed by atoms with E-state index < -0.39 is 11.1 Å². The number of rotatable bonds is 5. The van der Waals surface area contributed by atoms with E-state index in [9.17, 15) is 14.9 Å². The number of aromatic amines is 1. The lowest BCUT2D eigenvalue weighted by Crippen LogP contribution is -2.16. The van der Waals surface area contributed by atoms with Crippen molar-refractivity contribution in [1.82, 2.24) is 9.97 Å². The molecule has 2 aromatic heterocycles. The number of aromatic nitrogens is 2. The number of aryl methyl sites for hydroxylation is 1. The molecule has 158 valence electrons. The van der Waals surface area contributed by atoms with Crippen molar-refractivity contribution >= 4 is 33.6 Å². The van der Waals surface area contributed by atoms with Crippen molar-refractivity contribution in [2.45, 2.75) is 26.9 Å². The molecule has 9 nitrogen and oxygen atoms in total. The van der Waals surface area contributed by atoms with Gasteiger partial charge in [-0.2, -0.15) is 0 Å². The van der Waals surface area contributed by atoms with Gasteiger partial charge in [0.05, 0.1) is 33.6 Å². The molecule has 0 fully saturated rings. The quantitative estimate of drug-likeness (QED) is 0.251. The van der Waals surface area contributed by atoms with Crippen molar-refractivity contribution in [2.24, 2.45) is 0 Å². The molecule has 0 spiro atoms. The van der Waals surface area contributed by atoms with E-state index in [1.54, 1.807) is 33.0 Å². The summed E-state index contributed by atoms with van der Waals surface area (Å²) in [4.78, 5) is 29.8. The van der Waals surface area contributed by atoms with E-state index in [1.807, 2.05) is 12.1 Å². The van der Waals surface area contributed by atoms with E-state index in [-0.39, 0.29) is 17.7 Å². The number of nitrogens with zero attached hydrogens (tertiary/aromatic N) is 2. The van der Waals surface area contributed by atoms with Crippen molar-refractivity contribution in [3.63, 3.8) is 0 Å². The number of non-ortho nitro benzene ring substituents is 1. The topological polar surface area (TPSA) is 117 Å². The van der Waals surface area contributed by atoms with Gasteiger partial charge in [-0.05, 0) is 45.0 Å². The van der Waals surface area contributed by atoms with Gasteiger partial charge < -0.3 is 19.2 Å². The van der Waals surface area contributed by atoms with Crippen LogP contribution in [-0.4, -0.2) is 27.2 Å². The number of nitro benzene ring substituents is 1. The fourth-order valence-corrected chi connectivity index (χ4v) is 3.29. The molecule has 0 aliphatic rings. The largest absolute Gasteiger partial charge is 0.515 e. The molecule has 0 amide bonds. The van der Waals surface area contributed by atoms with Gasteiger partial charge >= 0.3 is 6.16 Å². The summed E-state index contributed by atoms with van der Waals surface area (Å²) in [6.07, 6.45) is 0.439. The number of hydrogen-bond acceptors (Lipinski definition) is 7. The van der Waals surface area contributed by atoms with Gasteiger partial charge in [0.25, 0.3) is 5.69 Å². The Morgan fingerprint density at radius 1 is 1.10 bits per heavy atom. The highest BCUT2D eigenvalue weighted by atomic mass is 16.7. The van der Waals surface area contributed by atoms with Gasteiger partial charge in [-0.3, -0.25) is 10.1 Å². The third-order valence-corrected chi connectivity index (χ3v) is 4.61. The second kappa shape index (κ2) is 7.94. The van der Waals surface area contributed by atoms with Crippen LogP contribution in [0.15, 0.2) is 48.7 Å². The second-order valence-electron chi connectivity index (χ2n) is 7.15. The SMILES string of the molecule is Cc1c(OC(=O)OC(C)C)ncc2[nH]c3cccc(Oc4ccc([N+](=O)[O-])cc4)c3c12. The zero-order chi connectivity index (χ0) is 22.1. The Bertz CT molecular complexity index is 1290. The molecule has 0 saturated carbocycles. The summed E-state index contributed by atoms with van der Waals surface area (Å²) < 4.78 is 16.3. The second-order valence-corrected chi connectivity index (χ2v) is 7.15. The van der Waals surface area contributed by atoms with E-state index in [0.717, 1.165) is 21.8 Å². The molecule has 31 heavy (non-hydrogen) atoms.